The zero-order chi connectivity index (χ0) is 13.9. The van der Waals surface area contributed by atoms with Gasteiger partial charge in [-0.3, -0.25) is 4.90 Å². The van der Waals surface area contributed by atoms with Crippen molar-refractivity contribution in [2.24, 2.45) is 0 Å². The summed E-state index contributed by atoms with van der Waals surface area (Å²) in [5.74, 6) is 0. The van der Waals surface area contributed by atoms with Gasteiger partial charge in [0.2, 0.25) is 0 Å². The first-order valence-corrected chi connectivity index (χ1v) is 6.97. The summed E-state index contributed by atoms with van der Waals surface area (Å²) in [6, 6.07) is 13.5. The highest BCUT2D eigenvalue weighted by Gasteiger charge is 2.39. The summed E-state index contributed by atoms with van der Waals surface area (Å²) in [4.78, 5) is 2.50. The van der Waals surface area contributed by atoms with Crippen LogP contribution in [0.15, 0.2) is 30.3 Å². The van der Waals surface area contributed by atoms with E-state index in [-0.39, 0.29) is 11.6 Å². The average Bonchev–Trinajstić information content (AvgIpc) is 2.39. The SMILES string of the molecule is CC(c1ccccc1)N1C(CC#N)CNCC1(C)C. The van der Waals surface area contributed by atoms with E-state index in [1.807, 2.05) is 6.07 Å². The molecule has 2 unspecified atom stereocenters. The van der Waals surface area contributed by atoms with E-state index in [0.717, 1.165) is 13.1 Å². The second-order valence-electron chi connectivity index (χ2n) is 5.95. The van der Waals surface area contributed by atoms with Gasteiger partial charge in [0.25, 0.3) is 0 Å². The van der Waals surface area contributed by atoms with E-state index in [1.54, 1.807) is 0 Å². The molecule has 1 saturated heterocycles. The fourth-order valence-electron chi connectivity index (χ4n) is 3.24. The molecular formula is C16H23N3. The smallest absolute Gasteiger partial charge is 0.0638 e. The Morgan fingerprint density at radius 2 is 2.11 bits per heavy atom. The van der Waals surface area contributed by atoms with Crippen molar-refractivity contribution >= 4 is 0 Å². The third-order valence-electron chi connectivity index (χ3n) is 4.06. The van der Waals surface area contributed by atoms with Crippen LogP contribution in [0.1, 0.15) is 38.8 Å². The summed E-state index contributed by atoms with van der Waals surface area (Å²) < 4.78 is 0. The maximum atomic E-state index is 9.05. The highest BCUT2D eigenvalue weighted by atomic mass is 15.3. The molecule has 1 fully saturated rings. The quantitative estimate of drug-likeness (QED) is 0.905. The number of nitrogens with one attached hydrogen (secondary N) is 1. The lowest BCUT2D eigenvalue weighted by Gasteiger charge is -2.50. The molecule has 2 atom stereocenters. The molecule has 3 nitrogen and oxygen atoms in total. The molecule has 0 radical (unpaired) electrons. The minimum absolute atomic E-state index is 0.0645. The van der Waals surface area contributed by atoms with Gasteiger partial charge in [-0.15, -0.1) is 0 Å². The fourth-order valence-corrected chi connectivity index (χ4v) is 3.24. The molecule has 2 rings (SSSR count). The van der Waals surface area contributed by atoms with Crippen LogP contribution in [0.5, 0.6) is 0 Å². The lowest BCUT2D eigenvalue weighted by Crippen LogP contribution is -2.63. The molecule has 1 aromatic rings. The Morgan fingerprint density at radius 3 is 2.74 bits per heavy atom. The van der Waals surface area contributed by atoms with Crippen molar-refractivity contribution < 1.29 is 0 Å². The van der Waals surface area contributed by atoms with E-state index in [0.29, 0.717) is 12.5 Å². The van der Waals surface area contributed by atoms with Crippen LogP contribution in [0.4, 0.5) is 0 Å². The molecule has 0 bridgehead atoms. The van der Waals surface area contributed by atoms with Crippen LogP contribution in [-0.4, -0.2) is 29.6 Å². The molecule has 1 aromatic carbocycles. The predicted molar refractivity (Wildman–Crippen MR) is 77.7 cm³/mol. The first-order chi connectivity index (χ1) is 9.06. The van der Waals surface area contributed by atoms with Crippen molar-refractivity contribution in [2.45, 2.75) is 44.8 Å². The largest absolute Gasteiger partial charge is 0.313 e. The van der Waals surface area contributed by atoms with E-state index in [4.69, 9.17) is 5.26 Å². The van der Waals surface area contributed by atoms with Crippen molar-refractivity contribution in [3.63, 3.8) is 0 Å². The second-order valence-corrected chi connectivity index (χ2v) is 5.95. The van der Waals surface area contributed by atoms with Crippen LogP contribution in [0.3, 0.4) is 0 Å². The summed E-state index contributed by atoms with van der Waals surface area (Å²) in [5, 5.41) is 12.5. The molecule has 19 heavy (non-hydrogen) atoms. The minimum Gasteiger partial charge on any atom is -0.313 e. The van der Waals surface area contributed by atoms with Gasteiger partial charge in [-0.25, -0.2) is 0 Å². The first kappa shape index (κ1) is 14.0. The van der Waals surface area contributed by atoms with Gasteiger partial charge in [-0.2, -0.15) is 5.26 Å². The van der Waals surface area contributed by atoms with Crippen molar-refractivity contribution in [3.8, 4) is 6.07 Å². The molecule has 0 spiro atoms. The van der Waals surface area contributed by atoms with Crippen LogP contribution in [0, 0.1) is 11.3 Å². The molecule has 1 heterocycles. The average molecular weight is 257 g/mol. The summed E-state index contributed by atoms with van der Waals surface area (Å²) >= 11 is 0. The van der Waals surface area contributed by atoms with Crippen LogP contribution in [-0.2, 0) is 0 Å². The van der Waals surface area contributed by atoms with Gasteiger partial charge in [0.1, 0.15) is 0 Å². The van der Waals surface area contributed by atoms with Gasteiger partial charge < -0.3 is 5.32 Å². The molecule has 102 valence electrons. The molecule has 0 aliphatic carbocycles. The van der Waals surface area contributed by atoms with E-state index >= 15 is 0 Å². The van der Waals surface area contributed by atoms with Gasteiger partial charge in [0, 0.05) is 30.7 Å². The molecule has 0 amide bonds. The van der Waals surface area contributed by atoms with E-state index < -0.39 is 0 Å². The third-order valence-corrected chi connectivity index (χ3v) is 4.06. The van der Waals surface area contributed by atoms with Crippen molar-refractivity contribution in [1.29, 1.82) is 5.26 Å². The van der Waals surface area contributed by atoms with E-state index in [9.17, 15) is 0 Å². The number of rotatable bonds is 3. The summed E-state index contributed by atoms with van der Waals surface area (Å²) in [5.41, 5.74) is 1.38. The molecule has 1 N–H and O–H groups in total. The number of nitriles is 1. The number of hydrogen-bond donors (Lipinski definition) is 1. The lowest BCUT2D eigenvalue weighted by molar-refractivity contribution is 0.00351. The van der Waals surface area contributed by atoms with E-state index in [2.05, 4.69) is 61.3 Å². The maximum absolute atomic E-state index is 9.05. The Hall–Kier alpha value is -1.37. The van der Waals surface area contributed by atoms with E-state index in [1.165, 1.54) is 5.56 Å². The van der Waals surface area contributed by atoms with Crippen molar-refractivity contribution in [2.75, 3.05) is 13.1 Å². The predicted octanol–water partition coefficient (Wildman–Crippen LogP) is 2.71. The number of piperazine rings is 1. The standard InChI is InChI=1S/C16H23N3/c1-13(14-7-5-4-6-8-14)19-15(9-10-17)11-18-12-16(19,2)3/h4-8,13,15,18H,9,11-12H2,1-3H3. The summed E-state index contributed by atoms with van der Waals surface area (Å²) in [6.45, 7) is 8.61. The Balaban J connectivity index is 2.28. The maximum Gasteiger partial charge on any atom is 0.0638 e. The number of nitrogens with zero attached hydrogens (tertiary/aromatic N) is 2. The zero-order valence-corrected chi connectivity index (χ0v) is 12.1. The van der Waals surface area contributed by atoms with Crippen molar-refractivity contribution in [3.05, 3.63) is 35.9 Å². The van der Waals surface area contributed by atoms with Gasteiger partial charge in [0.05, 0.1) is 12.5 Å². The minimum atomic E-state index is 0.0645. The Morgan fingerprint density at radius 1 is 1.42 bits per heavy atom. The van der Waals surface area contributed by atoms with Crippen molar-refractivity contribution in [1.82, 2.24) is 10.2 Å². The Bertz CT molecular complexity index is 447. The zero-order valence-electron chi connectivity index (χ0n) is 12.1. The topological polar surface area (TPSA) is 39.1 Å². The summed E-state index contributed by atoms with van der Waals surface area (Å²) in [7, 11) is 0. The highest BCUT2D eigenvalue weighted by molar-refractivity contribution is 5.20. The Kier molecular flexibility index (Phi) is 4.24. The number of hydrogen-bond acceptors (Lipinski definition) is 3. The van der Waals surface area contributed by atoms with Crippen LogP contribution >= 0.6 is 0 Å². The normalized spacial score (nSPS) is 24.6. The monoisotopic (exact) mass is 257 g/mol. The fraction of sp³-hybridized carbons (Fsp3) is 0.562. The van der Waals surface area contributed by atoms with Crippen LogP contribution in [0.25, 0.3) is 0 Å². The summed E-state index contributed by atoms with van der Waals surface area (Å²) in [6.07, 6.45) is 0.577. The second kappa shape index (κ2) is 5.73. The van der Waals surface area contributed by atoms with Gasteiger partial charge in [0.15, 0.2) is 0 Å². The van der Waals surface area contributed by atoms with Crippen LogP contribution in [0.2, 0.25) is 0 Å². The van der Waals surface area contributed by atoms with Gasteiger partial charge in [-0.1, -0.05) is 30.3 Å². The number of benzene rings is 1. The van der Waals surface area contributed by atoms with Gasteiger partial charge in [-0.05, 0) is 26.3 Å². The molecule has 0 saturated carbocycles. The molecular weight excluding hydrogens is 234 g/mol. The molecule has 1 aliphatic rings. The Labute approximate surface area is 116 Å². The highest BCUT2D eigenvalue weighted by Crippen LogP contribution is 2.33. The third kappa shape index (κ3) is 2.97. The lowest BCUT2D eigenvalue weighted by atomic mass is 9.90. The first-order valence-electron chi connectivity index (χ1n) is 6.97. The molecule has 1 aliphatic heterocycles. The van der Waals surface area contributed by atoms with Crippen LogP contribution < -0.4 is 5.32 Å². The molecule has 0 aromatic heterocycles. The van der Waals surface area contributed by atoms with Gasteiger partial charge >= 0.3 is 0 Å². The molecule has 3 heteroatoms.